The first-order valence-corrected chi connectivity index (χ1v) is 11.5. The fraction of sp³-hybridized carbons (Fsp3) is 0.435. The number of nitrogens with zero attached hydrogens (tertiary/aromatic N) is 1. The first-order valence-electron chi connectivity index (χ1n) is 10.0. The lowest BCUT2D eigenvalue weighted by molar-refractivity contribution is -0.121. The normalized spacial score (nSPS) is 14.3. The summed E-state index contributed by atoms with van der Waals surface area (Å²) in [7, 11) is -3.58. The van der Waals surface area contributed by atoms with Crippen LogP contribution in [-0.2, 0) is 33.2 Å². The van der Waals surface area contributed by atoms with Crippen LogP contribution in [0.15, 0.2) is 47.4 Å². The Morgan fingerprint density at radius 2 is 1.76 bits per heavy atom. The van der Waals surface area contributed by atoms with E-state index in [1.807, 2.05) is 49.1 Å². The average Bonchev–Trinajstić information content (AvgIpc) is 3.08. The zero-order chi connectivity index (χ0) is 21.4. The zero-order valence-corrected chi connectivity index (χ0v) is 18.6. The van der Waals surface area contributed by atoms with Crippen molar-refractivity contribution >= 4 is 21.6 Å². The van der Waals surface area contributed by atoms with Gasteiger partial charge in [0.1, 0.15) is 0 Å². The van der Waals surface area contributed by atoms with Gasteiger partial charge in [-0.15, -0.1) is 0 Å². The van der Waals surface area contributed by atoms with Gasteiger partial charge in [-0.3, -0.25) is 4.79 Å². The van der Waals surface area contributed by atoms with Crippen LogP contribution in [0.2, 0.25) is 0 Å². The van der Waals surface area contributed by atoms with Crippen LogP contribution in [-0.4, -0.2) is 20.9 Å². The van der Waals surface area contributed by atoms with Crippen molar-refractivity contribution in [2.24, 2.45) is 5.92 Å². The second-order valence-corrected chi connectivity index (χ2v) is 10.7. The Morgan fingerprint density at radius 3 is 2.34 bits per heavy atom. The summed E-state index contributed by atoms with van der Waals surface area (Å²) in [6.45, 7) is 11.0. The van der Waals surface area contributed by atoms with Gasteiger partial charge in [-0.2, -0.15) is 0 Å². The Kier molecular flexibility index (Phi) is 5.88. The largest absolute Gasteiger partial charge is 0.312 e. The van der Waals surface area contributed by atoms with E-state index in [1.165, 1.54) is 0 Å². The number of sulfonamides is 1. The van der Waals surface area contributed by atoms with Gasteiger partial charge in [0.05, 0.1) is 4.90 Å². The maximum atomic E-state index is 12.7. The average molecular weight is 415 g/mol. The minimum atomic E-state index is -3.58. The Bertz CT molecular complexity index is 1000. The van der Waals surface area contributed by atoms with Crippen molar-refractivity contribution in [3.8, 4) is 0 Å². The van der Waals surface area contributed by atoms with E-state index >= 15 is 0 Å². The molecule has 0 radical (unpaired) electrons. The van der Waals surface area contributed by atoms with Crippen molar-refractivity contribution in [2.75, 3.05) is 11.4 Å². The van der Waals surface area contributed by atoms with Gasteiger partial charge in [-0.1, -0.05) is 58.9 Å². The second kappa shape index (κ2) is 7.92. The van der Waals surface area contributed by atoms with E-state index in [4.69, 9.17) is 0 Å². The van der Waals surface area contributed by atoms with Crippen molar-refractivity contribution in [3.63, 3.8) is 0 Å². The molecule has 6 heteroatoms. The summed E-state index contributed by atoms with van der Waals surface area (Å²) in [5.74, 6) is 0.0769. The van der Waals surface area contributed by atoms with Gasteiger partial charge in [-0.25, -0.2) is 13.1 Å². The molecule has 1 aliphatic heterocycles. The highest BCUT2D eigenvalue weighted by atomic mass is 32.2. The number of carbonyl (C=O) groups excluding carboxylic acids is 1. The number of rotatable bonds is 5. The highest BCUT2D eigenvalue weighted by Crippen LogP contribution is 2.30. The highest BCUT2D eigenvalue weighted by Gasteiger charge is 2.26. The number of nitrogens with one attached hydrogen (secondary N) is 1. The number of fused-ring (bicyclic) bond motifs is 1. The lowest BCUT2D eigenvalue weighted by atomic mass is 9.87. The summed E-state index contributed by atoms with van der Waals surface area (Å²) in [6.07, 6.45) is 0.794. The molecule has 0 aliphatic carbocycles. The van der Waals surface area contributed by atoms with Crippen molar-refractivity contribution < 1.29 is 13.2 Å². The third kappa shape index (κ3) is 4.70. The summed E-state index contributed by atoms with van der Waals surface area (Å²) in [6, 6.07) is 12.8. The van der Waals surface area contributed by atoms with Crippen molar-refractivity contribution in [2.45, 2.75) is 57.9 Å². The fourth-order valence-corrected chi connectivity index (χ4v) is 4.52. The first kappa shape index (κ1) is 21.5. The van der Waals surface area contributed by atoms with E-state index in [2.05, 4.69) is 25.5 Å². The van der Waals surface area contributed by atoms with Crippen LogP contribution in [0.4, 0.5) is 5.69 Å². The standard InChI is InChI=1S/C23H30N2O3S/c1-16(2)22(26)25-13-12-18-14-17(6-11-21(18)25)15-24-29(27,28)20-9-7-19(8-10-20)23(3,4)5/h6-11,14,16,24H,12-13,15H2,1-5H3. The van der Waals surface area contributed by atoms with Crippen molar-refractivity contribution in [3.05, 3.63) is 59.2 Å². The third-order valence-corrected chi connectivity index (χ3v) is 6.71. The molecule has 5 nitrogen and oxygen atoms in total. The third-order valence-electron chi connectivity index (χ3n) is 5.30. The molecule has 1 amide bonds. The molecule has 1 heterocycles. The van der Waals surface area contributed by atoms with Gasteiger partial charge in [0.15, 0.2) is 0 Å². The van der Waals surface area contributed by atoms with E-state index in [0.29, 0.717) is 6.54 Å². The molecular formula is C23H30N2O3S. The molecule has 0 unspecified atom stereocenters. The van der Waals surface area contributed by atoms with Gasteiger partial charge in [-0.05, 0) is 46.7 Å². The Morgan fingerprint density at radius 1 is 1.10 bits per heavy atom. The molecule has 0 bridgehead atoms. The predicted octanol–water partition coefficient (Wildman–Crippen LogP) is 4.01. The van der Waals surface area contributed by atoms with Crippen LogP contribution in [0.25, 0.3) is 0 Å². The molecule has 156 valence electrons. The summed E-state index contributed by atoms with van der Waals surface area (Å²) in [5, 5.41) is 0. The van der Waals surface area contributed by atoms with Crippen LogP contribution in [0.1, 0.15) is 51.3 Å². The molecule has 0 fully saturated rings. The number of benzene rings is 2. The van der Waals surface area contributed by atoms with Gasteiger partial charge in [0, 0.05) is 24.7 Å². The van der Waals surface area contributed by atoms with Gasteiger partial charge in [0.2, 0.25) is 15.9 Å². The molecule has 29 heavy (non-hydrogen) atoms. The van der Waals surface area contributed by atoms with Crippen LogP contribution in [0, 0.1) is 5.92 Å². The monoisotopic (exact) mass is 414 g/mol. The maximum absolute atomic E-state index is 12.7. The quantitative estimate of drug-likeness (QED) is 0.804. The van der Waals surface area contributed by atoms with Gasteiger partial charge in [0.25, 0.3) is 0 Å². The molecule has 3 rings (SSSR count). The SMILES string of the molecule is CC(C)C(=O)N1CCc2cc(CNS(=O)(=O)c3ccc(C(C)(C)C)cc3)ccc21. The van der Waals surface area contributed by atoms with E-state index in [1.54, 1.807) is 12.1 Å². The first-order chi connectivity index (χ1) is 13.5. The van der Waals surface area contributed by atoms with E-state index in [0.717, 1.165) is 28.8 Å². The Balaban J connectivity index is 1.71. The lowest BCUT2D eigenvalue weighted by Gasteiger charge is -2.20. The number of anilines is 1. The fourth-order valence-electron chi connectivity index (χ4n) is 3.50. The minimum absolute atomic E-state index is 0.0228. The maximum Gasteiger partial charge on any atom is 0.240 e. The molecule has 1 N–H and O–H groups in total. The highest BCUT2D eigenvalue weighted by molar-refractivity contribution is 7.89. The summed E-state index contributed by atoms with van der Waals surface area (Å²) in [5.41, 5.74) is 3.98. The lowest BCUT2D eigenvalue weighted by Crippen LogP contribution is -2.32. The Hall–Kier alpha value is -2.18. The molecule has 0 atom stereocenters. The van der Waals surface area contributed by atoms with Gasteiger partial charge >= 0.3 is 0 Å². The summed E-state index contributed by atoms with van der Waals surface area (Å²) >= 11 is 0. The summed E-state index contributed by atoms with van der Waals surface area (Å²) in [4.78, 5) is 14.4. The Labute approximate surface area is 174 Å². The minimum Gasteiger partial charge on any atom is -0.312 e. The summed E-state index contributed by atoms with van der Waals surface area (Å²) < 4.78 is 28.0. The number of hydrogen-bond donors (Lipinski definition) is 1. The van der Waals surface area contributed by atoms with Crippen LogP contribution >= 0.6 is 0 Å². The van der Waals surface area contributed by atoms with Crippen molar-refractivity contribution in [1.29, 1.82) is 0 Å². The smallest absolute Gasteiger partial charge is 0.240 e. The molecular weight excluding hydrogens is 384 g/mol. The number of amides is 1. The number of carbonyl (C=O) groups is 1. The van der Waals surface area contributed by atoms with E-state index in [9.17, 15) is 13.2 Å². The van der Waals surface area contributed by atoms with Gasteiger partial charge < -0.3 is 4.90 Å². The zero-order valence-electron chi connectivity index (χ0n) is 17.8. The molecule has 0 saturated heterocycles. The molecule has 0 saturated carbocycles. The number of hydrogen-bond acceptors (Lipinski definition) is 3. The molecule has 2 aromatic rings. The predicted molar refractivity (Wildman–Crippen MR) is 117 cm³/mol. The second-order valence-electron chi connectivity index (χ2n) is 8.96. The molecule has 0 spiro atoms. The van der Waals surface area contributed by atoms with Crippen LogP contribution < -0.4 is 9.62 Å². The van der Waals surface area contributed by atoms with Crippen LogP contribution in [0.5, 0.6) is 0 Å². The van der Waals surface area contributed by atoms with E-state index in [-0.39, 0.29) is 28.7 Å². The van der Waals surface area contributed by atoms with Crippen LogP contribution in [0.3, 0.4) is 0 Å². The van der Waals surface area contributed by atoms with Crippen molar-refractivity contribution in [1.82, 2.24) is 4.72 Å². The molecule has 1 aliphatic rings. The molecule has 0 aromatic heterocycles. The van der Waals surface area contributed by atoms with E-state index < -0.39 is 10.0 Å². The topological polar surface area (TPSA) is 66.5 Å². The molecule has 2 aromatic carbocycles.